The van der Waals surface area contributed by atoms with E-state index in [1.54, 1.807) is 17.0 Å². The largest absolute Gasteiger partial charge is 0.387 e. The number of hydrogen-bond acceptors (Lipinski definition) is 4. The first-order valence-corrected chi connectivity index (χ1v) is 12.5. The van der Waals surface area contributed by atoms with E-state index in [0.29, 0.717) is 24.5 Å². The van der Waals surface area contributed by atoms with Crippen molar-refractivity contribution in [3.63, 3.8) is 0 Å². The second-order valence-electron chi connectivity index (χ2n) is 9.04. The zero-order valence-electron chi connectivity index (χ0n) is 19.4. The third-order valence-corrected chi connectivity index (χ3v) is 6.80. The molecule has 2 fully saturated rings. The van der Waals surface area contributed by atoms with E-state index >= 15 is 0 Å². The number of aliphatic hydroxyl groups is 1. The highest BCUT2D eigenvalue weighted by atomic mass is 35.5. The van der Waals surface area contributed by atoms with Crippen LogP contribution in [-0.4, -0.2) is 65.6 Å². The monoisotopic (exact) mass is 484 g/mol. The smallest absolute Gasteiger partial charge is 0.320 e. The van der Waals surface area contributed by atoms with Gasteiger partial charge in [0.25, 0.3) is 0 Å². The Labute approximate surface area is 206 Å². The van der Waals surface area contributed by atoms with Crippen molar-refractivity contribution in [1.29, 1.82) is 0 Å². The fourth-order valence-corrected chi connectivity index (χ4v) is 4.84. The second kappa shape index (κ2) is 11.7. The average Bonchev–Trinajstić information content (AvgIpc) is 3.55. The van der Waals surface area contributed by atoms with E-state index in [4.69, 9.17) is 11.6 Å². The molecular weight excluding hydrogens is 452 g/mol. The lowest BCUT2D eigenvalue weighted by molar-refractivity contribution is -0.119. The van der Waals surface area contributed by atoms with E-state index in [0.717, 1.165) is 62.1 Å². The van der Waals surface area contributed by atoms with Gasteiger partial charge in [-0.05, 0) is 74.0 Å². The molecule has 0 bridgehead atoms. The highest BCUT2D eigenvalue weighted by Gasteiger charge is 2.36. The highest BCUT2D eigenvalue weighted by molar-refractivity contribution is 6.30. The molecule has 7 nitrogen and oxygen atoms in total. The summed E-state index contributed by atoms with van der Waals surface area (Å²) in [6.45, 7) is 3.39. The molecule has 4 rings (SSSR count). The number of urea groups is 1. The number of rotatable bonds is 8. The van der Waals surface area contributed by atoms with E-state index < -0.39 is 12.1 Å². The summed E-state index contributed by atoms with van der Waals surface area (Å²) in [6.07, 6.45) is 3.84. The first kappa shape index (κ1) is 24.5. The standard InChI is InChI=1S/C26H33ClN4O3/c27-21-6-3-5-20(17-21)24(32)18-28-13-12-19-8-10-22(11-9-19)29-25(33)23-7-4-16-31(23)26(34)30-14-1-2-15-30/h3,5-6,8-11,17,23-24,28,32H,1-2,4,7,12-16,18H2,(H,29,33)/t23-,24-/m0/s1. The molecule has 0 spiro atoms. The number of anilines is 1. The predicted molar refractivity (Wildman–Crippen MR) is 134 cm³/mol. The maximum absolute atomic E-state index is 12.9. The Balaban J connectivity index is 1.21. The molecule has 3 N–H and O–H groups in total. The fourth-order valence-electron chi connectivity index (χ4n) is 4.64. The van der Waals surface area contributed by atoms with Crippen LogP contribution in [0, 0.1) is 0 Å². The van der Waals surface area contributed by atoms with Crippen molar-refractivity contribution in [3.8, 4) is 0 Å². The van der Waals surface area contributed by atoms with Gasteiger partial charge in [-0.3, -0.25) is 4.79 Å². The number of nitrogens with zero attached hydrogens (tertiary/aromatic N) is 2. The van der Waals surface area contributed by atoms with Crippen LogP contribution in [-0.2, 0) is 11.2 Å². The Morgan fingerprint density at radius 3 is 2.56 bits per heavy atom. The van der Waals surface area contributed by atoms with Crippen molar-refractivity contribution in [3.05, 3.63) is 64.7 Å². The first-order valence-electron chi connectivity index (χ1n) is 12.1. The zero-order valence-corrected chi connectivity index (χ0v) is 20.1. The predicted octanol–water partition coefficient (Wildman–Crippen LogP) is 3.82. The van der Waals surface area contributed by atoms with E-state index in [9.17, 15) is 14.7 Å². The number of benzene rings is 2. The van der Waals surface area contributed by atoms with Gasteiger partial charge in [-0.25, -0.2) is 4.79 Å². The molecule has 0 unspecified atom stereocenters. The minimum atomic E-state index is -0.608. The summed E-state index contributed by atoms with van der Waals surface area (Å²) in [4.78, 5) is 29.2. The maximum atomic E-state index is 12.9. The molecule has 8 heteroatoms. The van der Waals surface area contributed by atoms with E-state index in [1.807, 2.05) is 41.3 Å². The van der Waals surface area contributed by atoms with Crippen molar-refractivity contribution in [2.45, 2.75) is 44.2 Å². The molecular formula is C26H33ClN4O3. The van der Waals surface area contributed by atoms with Gasteiger partial charge in [0.2, 0.25) is 5.91 Å². The third-order valence-electron chi connectivity index (χ3n) is 6.56. The number of carbonyl (C=O) groups excluding carboxylic acids is 2. The number of hydrogen-bond donors (Lipinski definition) is 3. The number of amides is 3. The van der Waals surface area contributed by atoms with Crippen LogP contribution in [0.5, 0.6) is 0 Å². The molecule has 3 amide bonds. The Morgan fingerprint density at radius 1 is 1.06 bits per heavy atom. The van der Waals surface area contributed by atoms with Gasteiger partial charge in [-0.2, -0.15) is 0 Å². The molecule has 182 valence electrons. The summed E-state index contributed by atoms with van der Waals surface area (Å²) in [7, 11) is 0. The summed E-state index contributed by atoms with van der Waals surface area (Å²) < 4.78 is 0. The van der Waals surface area contributed by atoms with Crippen molar-refractivity contribution < 1.29 is 14.7 Å². The van der Waals surface area contributed by atoms with Gasteiger partial charge in [0.15, 0.2) is 0 Å². The molecule has 2 aliphatic heterocycles. The number of halogens is 1. The molecule has 0 aliphatic carbocycles. The van der Waals surface area contributed by atoms with Gasteiger partial charge < -0.3 is 25.5 Å². The summed E-state index contributed by atoms with van der Waals surface area (Å²) in [6, 6.07) is 14.6. The van der Waals surface area contributed by atoms with Crippen LogP contribution in [0.4, 0.5) is 10.5 Å². The second-order valence-corrected chi connectivity index (χ2v) is 9.48. The lowest BCUT2D eigenvalue weighted by Crippen LogP contribution is -2.48. The minimum Gasteiger partial charge on any atom is -0.387 e. The fraction of sp³-hybridized carbons (Fsp3) is 0.462. The number of likely N-dealkylation sites (tertiary alicyclic amines) is 2. The molecule has 2 saturated heterocycles. The van der Waals surface area contributed by atoms with Gasteiger partial charge >= 0.3 is 6.03 Å². The van der Waals surface area contributed by atoms with Crippen LogP contribution in [0.1, 0.15) is 42.9 Å². The molecule has 0 saturated carbocycles. The average molecular weight is 485 g/mol. The first-order chi connectivity index (χ1) is 16.5. The SMILES string of the molecule is O=C(Nc1ccc(CCNC[C@H](O)c2cccc(Cl)c2)cc1)[C@@H]1CCCN1C(=O)N1CCCC1. The number of nitrogens with one attached hydrogen (secondary N) is 2. The van der Waals surface area contributed by atoms with Crippen LogP contribution in [0.3, 0.4) is 0 Å². The molecule has 34 heavy (non-hydrogen) atoms. The van der Waals surface area contributed by atoms with Gasteiger partial charge in [0.05, 0.1) is 6.10 Å². The summed E-state index contributed by atoms with van der Waals surface area (Å²) in [5.74, 6) is -0.116. The van der Waals surface area contributed by atoms with Gasteiger partial charge in [0, 0.05) is 36.9 Å². The number of carbonyl (C=O) groups is 2. The van der Waals surface area contributed by atoms with Crippen molar-refractivity contribution in [1.82, 2.24) is 15.1 Å². The Kier molecular flexibility index (Phi) is 8.43. The Morgan fingerprint density at radius 2 is 1.82 bits per heavy atom. The van der Waals surface area contributed by atoms with E-state index in [2.05, 4.69) is 10.6 Å². The molecule has 2 aliphatic rings. The molecule has 0 radical (unpaired) electrons. The highest BCUT2D eigenvalue weighted by Crippen LogP contribution is 2.23. The van der Waals surface area contributed by atoms with Crippen LogP contribution in [0.15, 0.2) is 48.5 Å². The van der Waals surface area contributed by atoms with E-state index in [-0.39, 0.29) is 11.9 Å². The van der Waals surface area contributed by atoms with Crippen molar-refractivity contribution in [2.75, 3.05) is 38.0 Å². The molecule has 2 atom stereocenters. The van der Waals surface area contributed by atoms with Crippen LogP contribution in [0.2, 0.25) is 5.02 Å². The minimum absolute atomic E-state index is 0.00141. The molecule has 2 aromatic rings. The maximum Gasteiger partial charge on any atom is 0.320 e. The van der Waals surface area contributed by atoms with Gasteiger partial charge in [-0.1, -0.05) is 35.9 Å². The van der Waals surface area contributed by atoms with Crippen LogP contribution >= 0.6 is 11.6 Å². The van der Waals surface area contributed by atoms with Crippen molar-refractivity contribution in [2.24, 2.45) is 0 Å². The van der Waals surface area contributed by atoms with Crippen molar-refractivity contribution >= 4 is 29.2 Å². The lowest BCUT2D eigenvalue weighted by Gasteiger charge is -2.28. The summed E-state index contributed by atoms with van der Waals surface area (Å²) >= 11 is 5.98. The molecule has 2 heterocycles. The van der Waals surface area contributed by atoms with E-state index in [1.165, 1.54) is 0 Å². The van der Waals surface area contributed by atoms with Crippen LogP contribution in [0.25, 0.3) is 0 Å². The Bertz CT molecular complexity index is 978. The Hall–Kier alpha value is -2.61. The summed E-state index contributed by atoms with van der Waals surface area (Å²) in [5, 5.41) is 17.1. The quantitative estimate of drug-likeness (QED) is 0.497. The molecule has 0 aromatic heterocycles. The number of aliphatic hydroxyl groups excluding tert-OH is 1. The topological polar surface area (TPSA) is 84.9 Å². The van der Waals surface area contributed by atoms with Gasteiger partial charge in [0.1, 0.15) is 6.04 Å². The zero-order chi connectivity index (χ0) is 23.9. The lowest BCUT2D eigenvalue weighted by atomic mass is 10.1. The molecule has 2 aromatic carbocycles. The normalized spacial score (nSPS) is 18.8. The third kappa shape index (κ3) is 6.29. The van der Waals surface area contributed by atoms with Crippen LogP contribution < -0.4 is 10.6 Å². The summed E-state index contributed by atoms with van der Waals surface area (Å²) in [5.41, 5.74) is 2.66. The van der Waals surface area contributed by atoms with Gasteiger partial charge in [-0.15, -0.1) is 0 Å².